The summed E-state index contributed by atoms with van der Waals surface area (Å²) in [5.74, 6) is 1.78. The van der Waals surface area contributed by atoms with E-state index in [0.717, 1.165) is 53.0 Å². The molecular weight excluding hydrogens is 733 g/mol. The van der Waals surface area contributed by atoms with Gasteiger partial charge in [-0.25, -0.2) is 9.97 Å². The van der Waals surface area contributed by atoms with Gasteiger partial charge in [0.25, 0.3) is 0 Å². The van der Waals surface area contributed by atoms with E-state index in [4.69, 9.17) is 20.0 Å². The Morgan fingerprint density at radius 3 is 1.57 bits per heavy atom. The van der Waals surface area contributed by atoms with Crippen LogP contribution in [0.3, 0.4) is 0 Å². The van der Waals surface area contributed by atoms with Crippen LogP contribution in [0.2, 0.25) is 0 Å². The van der Waals surface area contributed by atoms with Gasteiger partial charge in [0.15, 0.2) is 0 Å². The lowest BCUT2D eigenvalue weighted by Crippen LogP contribution is -2.34. The first-order chi connectivity index (χ1) is 27.4. The maximum absolute atomic E-state index is 5.83. The largest absolute Gasteiger partial charge is 0.320 e. The third kappa shape index (κ3) is 6.91. The van der Waals surface area contributed by atoms with E-state index in [1.54, 1.807) is 0 Å². The maximum Gasteiger partial charge on any atom is 0.143 e. The van der Waals surface area contributed by atoms with Crippen LogP contribution in [0.15, 0.2) is 46.0 Å². The molecule has 0 spiro atoms. The zero-order chi connectivity index (χ0) is 44.2. The van der Waals surface area contributed by atoms with Crippen LogP contribution in [0.5, 0.6) is 0 Å². The van der Waals surface area contributed by atoms with E-state index < -0.39 is 0 Å². The Labute approximate surface area is 361 Å². The minimum absolute atomic E-state index is 0.00703. The molecular formula is C54H74N6. The summed E-state index contributed by atoms with van der Waals surface area (Å²) in [4.78, 5) is 22.6. The highest BCUT2D eigenvalue weighted by Crippen LogP contribution is 2.51. The van der Waals surface area contributed by atoms with Gasteiger partial charge in [0.1, 0.15) is 11.5 Å². The summed E-state index contributed by atoms with van der Waals surface area (Å²) in [5.41, 5.74) is 18.8. The SMILES string of the molecule is CC1CC2=C(CC(C(C)(C)C)n3c2nc2c(-c4cc(C(C)(C)C)cc5c4nc4c6c(cc(C(C)(C)C)n45)N=C(C(C)(C)C)C(C)C6)cc(C(C)(C)C)cc23)N=C1C(C)(C)C. The zero-order valence-electron chi connectivity index (χ0n) is 40.9. The quantitative estimate of drug-likeness (QED) is 0.169. The van der Waals surface area contributed by atoms with Crippen molar-refractivity contribution in [3.63, 3.8) is 0 Å². The number of hydrogen-bond donors (Lipinski definition) is 0. The van der Waals surface area contributed by atoms with Crippen molar-refractivity contribution in [3.8, 4) is 11.1 Å². The number of aromatic nitrogens is 4. The third-order valence-corrected chi connectivity index (χ3v) is 13.7. The molecule has 0 amide bonds. The summed E-state index contributed by atoms with van der Waals surface area (Å²) in [7, 11) is 0. The van der Waals surface area contributed by atoms with Crippen molar-refractivity contribution in [1.29, 1.82) is 0 Å². The monoisotopic (exact) mass is 807 g/mol. The Morgan fingerprint density at radius 1 is 0.533 bits per heavy atom. The minimum Gasteiger partial charge on any atom is -0.320 e. The number of allylic oxidation sites excluding steroid dienone is 2. The molecule has 3 aliphatic rings. The predicted molar refractivity (Wildman–Crippen MR) is 258 cm³/mol. The Balaban J connectivity index is 1.53. The van der Waals surface area contributed by atoms with E-state index in [9.17, 15) is 0 Å². The van der Waals surface area contributed by atoms with Crippen LogP contribution in [0.1, 0.15) is 186 Å². The molecule has 0 saturated carbocycles. The highest BCUT2D eigenvalue weighted by Gasteiger charge is 2.41. The van der Waals surface area contributed by atoms with Crippen LogP contribution in [0.25, 0.3) is 44.4 Å². The maximum atomic E-state index is 5.83. The predicted octanol–water partition coefficient (Wildman–Crippen LogP) is 14.9. The number of rotatable bonds is 1. The van der Waals surface area contributed by atoms with Crippen LogP contribution in [0, 0.1) is 28.1 Å². The number of hydrogen-bond acceptors (Lipinski definition) is 4. The number of aliphatic imine (C=N–C) groups is 2. The molecule has 0 fully saturated rings. The van der Waals surface area contributed by atoms with Gasteiger partial charge in [-0.15, -0.1) is 0 Å². The molecule has 8 rings (SSSR count). The number of fused-ring (bicyclic) bond motifs is 9. The lowest BCUT2D eigenvalue weighted by Gasteiger charge is -2.40. The number of imidazole rings is 2. The molecule has 0 N–H and O–H groups in total. The molecule has 0 saturated heterocycles. The van der Waals surface area contributed by atoms with E-state index in [2.05, 4.69) is 178 Å². The first kappa shape index (κ1) is 42.6. The third-order valence-electron chi connectivity index (χ3n) is 13.7. The molecule has 0 aliphatic carbocycles. The second-order valence-corrected chi connectivity index (χ2v) is 25.2. The van der Waals surface area contributed by atoms with Crippen LogP contribution < -0.4 is 0 Å². The normalized spacial score (nSPS) is 20.8. The van der Waals surface area contributed by atoms with Crippen molar-refractivity contribution in [3.05, 3.63) is 64.2 Å². The van der Waals surface area contributed by atoms with Crippen molar-refractivity contribution < 1.29 is 0 Å². The van der Waals surface area contributed by atoms with Crippen LogP contribution in [-0.2, 0) is 22.7 Å². The molecule has 320 valence electrons. The fourth-order valence-electron chi connectivity index (χ4n) is 10.5. The van der Waals surface area contributed by atoms with Crippen molar-refractivity contribution in [2.45, 2.75) is 180 Å². The first-order valence-electron chi connectivity index (χ1n) is 22.9. The first-order valence-corrected chi connectivity index (χ1v) is 22.9. The van der Waals surface area contributed by atoms with Crippen molar-refractivity contribution in [2.24, 2.45) is 38.1 Å². The average Bonchev–Trinajstić information content (AvgIpc) is 3.67. The Hall–Kier alpha value is -4.06. The van der Waals surface area contributed by atoms with Crippen LogP contribution in [-0.4, -0.2) is 30.4 Å². The molecule has 60 heavy (non-hydrogen) atoms. The van der Waals surface area contributed by atoms with E-state index >= 15 is 0 Å². The number of pyridine rings is 1. The van der Waals surface area contributed by atoms with Gasteiger partial charge < -0.3 is 4.57 Å². The van der Waals surface area contributed by atoms with E-state index in [1.807, 2.05) is 0 Å². The lowest BCUT2D eigenvalue weighted by atomic mass is 9.75. The smallest absolute Gasteiger partial charge is 0.143 e. The van der Waals surface area contributed by atoms with Gasteiger partial charge >= 0.3 is 0 Å². The zero-order valence-corrected chi connectivity index (χ0v) is 40.9. The molecule has 0 bridgehead atoms. The number of nitrogens with zero attached hydrogens (tertiary/aromatic N) is 6. The standard InChI is InChI=1S/C54H74N6/c1-29-21-35-37(55-45(29)53(15,16)17)27-41(51(9,10)11)59-39-25-31(49(3,4)5)23-33(43(39)57-47(35)59)34-24-32(50(6,7)8)26-40-44(34)58-48-36-22-30(2)46(54(18,19)20)56-38(36)28-42(60(40)48)52(12,13)14/h23-27,29-30,42H,21-22,28H2,1-20H3. The molecule has 5 aromatic rings. The van der Waals surface area contributed by atoms with E-state index in [0.29, 0.717) is 11.8 Å². The van der Waals surface area contributed by atoms with Crippen molar-refractivity contribution in [2.75, 3.05) is 0 Å². The molecule has 6 nitrogen and oxygen atoms in total. The molecule has 2 aromatic carbocycles. The molecule has 0 radical (unpaired) electrons. The molecule has 3 atom stereocenters. The van der Waals surface area contributed by atoms with Crippen LogP contribution in [0.4, 0.5) is 5.69 Å². The second kappa shape index (κ2) is 13.2. The fourth-order valence-corrected chi connectivity index (χ4v) is 10.5. The van der Waals surface area contributed by atoms with Gasteiger partial charge in [-0.2, -0.15) is 0 Å². The van der Waals surface area contributed by atoms with Gasteiger partial charge in [-0.3, -0.25) is 14.4 Å². The summed E-state index contributed by atoms with van der Waals surface area (Å²) < 4.78 is 5.13. The van der Waals surface area contributed by atoms with E-state index in [1.165, 1.54) is 61.7 Å². The molecule has 3 aromatic heterocycles. The van der Waals surface area contributed by atoms with Gasteiger partial charge in [-0.05, 0) is 82.4 Å². The van der Waals surface area contributed by atoms with Crippen molar-refractivity contribution in [1.82, 2.24) is 18.9 Å². The Morgan fingerprint density at radius 2 is 1.05 bits per heavy atom. The topological polar surface area (TPSA) is 59.8 Å². The second-order valence-electron chi connectivity index (χ2n) is 25.2. The van der Waals surface area contributed by atoms with E-state index in [-0.39, 0.29) is 38.5 Å². The van der Waals surface area contributed by atoms with Crippen LogP contribution >= 0.6 is 0 Å². The van der Waals surface area contributed by atoms with Crippen molar-refractivity contribution >= 4 is 50.4 Å². The molecule has 3 unspecified atom stereocenters. The molecule has 6 heteroatoms. The van der Waals surface area contributed by atoms with Gasteiger partial charge in [-0.1, -0.05) is 138 Å². The Kier molecular flexibility index (Phi) is 9.39. The van der Waals surface area contributed by atoms with Gasteiger partial charge in [0, 0.05) is 73.8 Å². The van der Waals surface area contributed by atoms with Gasteiger partial charge in [0.2, 0.25) is 0 Å². The lowest BCUT2D eigenvalue weighted by molar-refractivity contribution is 0.238. The highest BCUT2D eigenvalue weighted by atomic mass is 15.1. The summed E-state index contributed by atoms with van der Waals surface area (Å²) in [6.07, 6.45) is 2.79. The molecule has 6 heterocycles. The number of benzene rings is 2. The molecule has 3 aliphatic heterocycles. The highest BCUT2D eigenvalue weighted by molar-refractivity contribution is 6.05. The van der Waals surface area contributed by atoms with Gasteiger partial charge in [0.05, 0.1) is 27.8 Å². The summed E-state index contributed by atoms with van der Waals surface area (Å²) in [5, 5.41) is 0. The summed E-state index contributed by atoms with van der Waals surface area (Å²) in [6.45, 7) is 46.8. The summed E-state index contributed by atoms with van der Waals surface area (Å²) in [6, 6.07) is 12.4. The Bertz CT molecular complexity index is 2700. The summed E-state index contributed by atoms with van der Waals surface area (Å²) >= 11 is 0. The average molecular weight is 807 g/mol. The fraction of sp³-hybridized carbons (Fsp3) is 0.593. The minimum atomic E-state index is -0.151.